The molecule has 0 aliphatic heterocycles. The molecule has 0 aromatic heterocycles. The van der Waals surface area contributed by atoms with Crippen LogP contribution in [0.3, 0.4) is 0 Å². The number of hydrogen-bond donors (Lipinski definition) is 0. The Morgan fingerprint density at radius 3 is 0.600 bits per heavy atom. The van der Waals surface area contributed by atoms with Crippen LogP contribution in [0.15, 0.2) is 0 Å². The molecule has 0 aromatic rings. The molecule has 0 rings (SSSR count). The van der Waals surface area contributed by atoms with Crippen LogP contribution in [0.4, 0.5) is 0 Å². The molecule has 0 atom stereocenters. The predicted octanol–water partition coefficient (Wildman–Crippen LogP) is 14.9. The van der Waals surface area contributed by atoms with E-state index < -0.39 is 0 Å². The summed E-state index contributed by atoms with van der Waals surface area (Å²) >= 11 is 0. The maximum absolute atomic E-state index is 12.0. The van der Waals surface area contributed by atoms with Crippen LogP contribution in [0.25, 0.3) is 0 Å². The lowest BCUT2D eigenvalue weighted by Crippen LogP contribution is -2.11. The summed E-state index contributed by atoms with van der Waals surface area (Å²) in [4.78, 5) is 23.9. The number of carbonyl (C=O) groups excluding carboxylic acids is 2. The first kappa shape index (κ1) is 44.1. The second-order valence-electron chi connectivity index (χ2n) is 14.4. The molecule has 45 heavy (non-hydrogen) atoms. The lowest BCUT2D eigenvalue weighted by Gasteiger charge is -2.05. The maximum atomic E-state index is 12.0. The van der Waals surface area contributed by atoms with E-state index in [0.717, 1.165) is 25.7 Å². The Balaban J connectivity index is 3.26. The SMILES string of the molecule is CCCCCCCCCCCCCCCCCCCCCC(=O)OC(=O)CCCCCCCCCCCCCCCCCCC. The minimum Gasteiger partial charge on any atom is -0.393 e. The van der Waals surface area contributed by atoms with Crippen LogP contribution in [-0.4, -0.2) is 11.9 Å². The van der Waals surface area contributed by atoms with E-state index in [0.29, 0.717) is 12.8 Å². The zero-order valence-electron chi connectivity index (χ0n) is 31.1. The van der Waals surface area contributed by atoms with Gasteiger partial charge in [0.05, 0.1) is 0 Å². The highest BCUT2D eigenvalue weighted by atomic mass is 16.6. The fourth-order valence-electron chi connectivity index (χ4n) is 6.57. The molecule has 0 saturated carbocycles. The Bertz CT molecular complexity index is 586. The quantitative estimate of drug-likeness (QED) is 0.0385. The lowest BCUT2D eigenvalue weighted by atomic mass is 10.0. The second kappa shape index (κ2) is 39.3. The Kier molecular flexibility index (Phi) is 38.6. The molecule has 0 radical (unpaired) electrons. The summed E-state index contributed by atoms with van der Waals surface area (Å²) in [5.41, 5.74) is 0. The number of esters is 2. The topological polar surface area (TPSA) is 43.4 Å². The highest BCUT2D eigenvalue weighted by molar-refractivity contribution is 5.85. The highest BCUT2D eigenvalue weighted by Gasteiger charge is 2.10. The van der Waals surface area contributed by atoms with Gasteiger partial charge in [0.15, 0.2) is 0 Å². The van der Waals surface area contributed by atoms with Crippen molar-refractivity contribution in [3.05, 3.63) is 0 Å². The van der Waals surface area contributed by atoms with Gasteiger partial charge >= 0.3 is 11.9 Å². The van der Waals surface area contributed by atoms with Crippen molar-refractivity contribution in [2.75, 3.05) is 0 Å². The summed E-state index contributed by atoms with van der Waals surface area (Å²) in [5.74, 6) is -0.641. The smallest absolute Gasteiger partial charge is 0.313 e. The molecule has 0 N–H and O–H groups in total. The van der Waals surface area contributed by atoms with Crippen LogP contribution >= 0.6 is 0 Å². The first-order chi connectivity index (χ1) is 22.2. The molecule has 0 aliphatic carbocycles. The first-order valence-electron chi connectivity index (χ1n) is 20.9. The largest absolute Gasteiger partial charge is 0.393 e. The van der Waals surface area contributed by atoms with E-state index in [1.54, 1.807) is 0 Å². The molecule has 0 fully saturated rings. The average molecular weight is 635 g/mol. The van der Waals surface area contributed by atoms with Crippen LogP contribution in [-0.2, 0) is 14.3 Å². The van der Waals surface area contributed by atoms with Crippen molar-refractivity contribution < 1.29 is 14.3 Å². The van der Waals surface area contributed by atoms with Gasteiger partial charge in [0.25, 0.3) is 0 Å². The van der Waals surface area contributed by atoms with Gasteiger partial charge in [-0.3, -0.25) is 9.59 Å². The molecule has 0 saturated heterocycles. The Morgan fingerprint density at radius 2 is 0.422 bits per heavy atom. The van der Waals surface area contributed by atoms with Gasteiger partial charge in [0.2, 0.25) is 0 Å². The second-order valence-corrected chi connectivity index (χ2v) is 14.4. The third-order valence-corrected chi connectivity index (χ3v) is 9.70. The molecule has 0 bridgehead atoms. The van der Waals surface area contributed by atoms with Crippen molar-refractivity contribution in [3.63, 3.8) is 0 Å². The Hall–Kier alpha value is -0.860. The monoisotopic (exact) mass is 635 g/mol. The third-order valence-electron chi connectivity index (χ3n) is 9.70. The Labute approximate surface area is 283 Å². The number of ether oxygens (including phenoxy) is 1. The van der Waals surface area contributed by atoms with Gasteiger partial charge in [-0.05, 0) is 12.8 Å². The van der Waals surface area contributed by atoms with Gasteiger partial charge in [-0.2, -0.15) is 0 Å². The molecule has 3 nitrogen and oxygen atoms in total. The molecule has 0 amide bonds. The van der Waals surface area contributed by atoms with Crippen molar-refractivity contribution >= 4 is 11.9 Å². The van der Waals surface area contributed by atoms with Gasteiger partial charge < -0.3 is 4.74 Å². The van der Waals surface area contributed by atoms with Crippen LogP contribution in [0, 0.1) is 0 Å². The van der Waals surface area contributed by atoms with Gasteiger partial charge in [-0.15, -0.1) is 0 Å². The zero-order chi connectivity index (χ0) is 32.7. The number of carbonyl (C=O) groups is 2. The van der Waals surface area contributed by atoms with Crippen LogP contribution < -0.4 is 0 Å². The van der Waals surface area contributed by atoms with E-state index in [4.69, 9.17) is 4.74 Å². The van der Waals surface area contributed by atoms with Gasteiger partial charge in [0.1, 0.15) is 0 Å². The number of rotatable bonds is 38. The Morgan fingerprint density at radius 1 is 0.267 bits per heavy atom. The standard InChI is InChI=1S/C42H82O3/c1-3-5-7-9-11-13-15-17-19-21-22-24-26-28-30-32-34-36-38-40-42(44)45-41(43)39-37-35-33-31-29-27-25-23-20-18-16-14-12-10-8-6-4-2/h3-40H2,1-2H3. The van der Waals surface area contributed by atoms with Crippen LogP contribution in [0.5, 0.6) is 0 Å². The molecular weight excluding hydrogens is 552 g/mol. The molecule has 3 heteroatoms. The van der Waals surface area contributed by atoms with E-state index in [-0.39, 0.29) is 11.9 Å². The molecule has 0 spiro atoms. The summed E-state index contributed by atoms with van der Waals surface area (Å²) < 4.78 is 5.04. The summed E-state index contributed by atoms with van der Waals surface area (Å²) in [6, 6.07) is 0. The van der Waals surface area contributed by atoms with Gasteiger partial charge in [-0.25, -0.2) is 0 Å². The average Bonchev–Trinajstić information content (AvgIpc) is 3.03. The van der Waals surface area contributed by atoms with E-state index in [2.05, 4.69) is 13.8 Å². The summed E-state index contributed by atoms with van der Waals surface area (Å²) in [6.07, 6.45) is 48.9. The number of hydrogen-bond acceptors (Lipinski definition) is 3. The molecule has 0 aromatic carbocycles. The first-order valence-corrected chi connectivity index (χ1v) is 20.9. The van der Waals surface area contributed by atoms with Crippen molar-refractivity contribution in [2.45, 2.75) is 258 Å². The lowest BCUT2D eigenvalue weighted by molar-refractivity contribution is -0.159. The van der Waals surface area contributed by atoms with Crippen LogP contribution in [0.1, 0.15) is 258 Å². The highest BCUT2D eigenvalue weighted by Crippen LogP contribution is 2.16. The molecule has 0 heterocycles. The van der Waals surface area contributed by atoms with Gasteiger partial charge in [0, 0.05) is 12.8 Å². The van der Waals surface area contributed by atoms with E-state index in [9.17, 15) is 9.59 Å². The minimum atomic E-state index is -0.321. The number of unbranched alkanes of at least 4 members (excludes halogenated alkanes) is 34. The van der Waals surface area contributed by atoms with E-state index in [1.807, 2.05) is 0 Å². The van der Waals surface area contributed by atoms with Crippen molar-refractivity contribution in [2.24, 2.45) is 0 Å². The fourth-order valence-corrected chi connectivity index (χ4v) is 6.57. The van der Waals surface area contributed by atoms with Crippen molar-refractivity contribution in [1.29, 1.82) is 0 Å². The van der Waals surface area contributed by atoms with Crippen molar-refractivity contribution in [1.82, 2.24) is 0 Å². The summed E-state index contributed by atoms with van der Waals surface area (Å²) in [6.45, 7) is 4.57. The fraction of sp³-hybridized carbons (Fsp3) is 0.952. The third kappa shape index (κ3) is 39.2. The normalized spacial score (nSPS) is 11.3. The van der Waals surface area contributed by atoms with Crippen molar-refractivity contribution in [3.8, 4) is 0 Å². The minimum absolute atomic E-state index is 0.320. The molecular formula is C42H82O3. The zero-order valence-corrected chi connectivity index (χ0v) is 31.1. The van der Waals surface area contributed by atoms with Gasteiger partial charge in [-0.1, -0.05) is 232 Å². The maximum Gasteiger partial charge on any atom is 0.313 e. The molecule has 0 unspecified atom stereocenters. The predicted molar refractivity (Wildman–Crippen MR) is 198 cm³/mol. The van der Waals surface area contributed by atoms with Crippen LogP contribution in [0.2, 0.25) is 0 Å². The molecule has 0 aliphatic rings. The van der Waals surface area contributed by atoms with E-state index in [1.165, 1.54) is 205 Å². The summed E-state index contributed by atoms with van der Waals surface area (Å²) in [5, 5.41) is 0. The summed E-state index contributed by atoms with van der Waals surface area (Å²) in [7, 11) is 0. The van der Waals surface area contributed by atoms with E-state index >= 15 is 0 Å². The molecule has 268 valence electrons.